The highest BCUT2D eigenvalue weighted by molar-refractivity contribution is 5.99. The van der Waals surface area contributed by atoms with Crippen molar-refractivity contribution < 1.29 is 23.9 Å². The zero-order chi connectivity index (χ0) is 28.7. The molecule has 2 aromatic carbocycles. The minimum Gasteiger partial charge on any atom is -0.497 e. The molecule has 1 fully saturated rings. The Bertz CT molecular complexity index is 1170. The minimum absolute atomic E-state index is 0.141. The van der Waals surface area contributed by atoms with Crippen molar-refractivity contribution in [2.24, 2.45) is 5.92 Å². The van der Waals surface area contributed by atoms with E-state index in [2.05, 4.69) is 17.2 Å². The molecule has 2 N–H and O–H groups in total. The Morgan fingerprint density at radius 2 is 1.74 bits per heavy atom. The maximum absolute atomic E-state index is 14.3. The number of methoxy groups -OCH3 is 1. The second kappa shape index (κ2) is 12.8. The van der Waals surface area contributed by atoms with Gasteiger partial charge in [-0.1, -0.05) is 44.7 Å². The third-order valence-corrected chi connectivity index (χ3v) is 6.67. The van der Waals surface area contributed by atoms with Gasteiger partial charge >= 0.3 is 6.09 Å². The van der Waals surface area contributed by atoms with E-state index in [4.69, 9.17) is 9.47 Å². The molecule has 2 unspecified atom stereocenters. The highest BCUT2D eigenvalue weighted by Crippen LogP contribution is 2.35. The first kappa shape index (κ1) is 29.7. The molecular weight excluding hydrogens is 494 g/mol. The van der Waals surface area contributed by atoms with Crippen LogP contribution < -0.4 is 15.4 Å². The molecule has 3 amide bonds. The highest BCUT2D eigenvalue weighted by Gasteiger charge is 2.42. The fourth-order valence-electron chi connectivity index (χ4n) is 4.47. The van der Waals surface area contributed by atoms with Crippen LogP contribution in [0.1, 0.15) is 71.0 Å². The Labute approximate surface area is 231 Å². The van der Waals surface area contributed by atoms with Gasteiger partial charge in [-0.25, -0.2) is 4.79 Å². The minimum atomic E-state index is -0.925. The van der Waals surface area contributed by atoms with Gasteiger partial charge in [0.25, 0.3) is 5.91 Å². The summed E-state index contributed by atoms with van der Waals surface area (Å²) in [6, 6.07) is 12.5. The van der Waals surface area contributed by atoms with Gasteiger partial charge < -0.3 is 25.0 Å². The number of rotatable bonds is 10. The quantitative estimate of drug-likeness (QED) is 0.392. The molecular formula is C31H41N3O5. The van der Waals surface area contributed by atoms with Crippen molar-refractivity contribution in [3.8, 4) is 5.75 Å². The molecule has 0 radical (unpaired) electrons. The van der Waals surface area contributed by atoms with E-state index in [0.717, 1.165) is 24.8 Å². The Morgan fingerprint density at radius 3 is 2.26 bits per heavy atom. The molecule has 1 saturated carbocycles. The average molecular weight is 536 g/mol. The molecule has 8 heteroatoms. The first-order valence-corrected chi connectivity index (χ1v) is 13.4. The summed E-state index contributed by atoms with van der Waals surface area (Å²) in [5.41, 5.74) is 1.37. The molecule has 2 aromatic rings. The van der Waals surface area contributed by atoms with Gasteiger partial charge in [-0.15, -0.1) is 0 Å². The van der Waals surface area contributed by atoms with Crippen LogP contribution in [0.25, 0.3) is 6.08 Å². The zero-order valence-corrected chi connectivity index (χ0v) is 23.8. The maximum Gasteiger partial charge on any atom is 0.408 e. The van der Waals surface area contributed by atoms with E-state index >= 15 is 0 Å². The van der Waals surface area contributed by atoms with Crippen molar-refractivity contribution >= 4 is 29.7 Å². The monoisotopic (exact) mass is 535 g/mol. The molecule has 0 saturated heterocycles. The van der Waals surface area contributed by atoms with Gasteiger partial charge in [0.05, 0.1) is 7.11 Å². The lowest BCUT2D eigenvalue weighted by molar-refractivity contribution is -0.146. The maximum atomic E-state index is 14.3. The SMILES string of the molecule is C=Cc1cccc(C(C(=O)Nc2ccc(OC)cc2)N(C(=O)C(NC(=O)OC(C)(C)C)C(C)C)C2CCC2)c1. The van der Waals surface area contributed by atoms with E-state index < -0.39 is 23.8 Å². The Kier molecular flexibility index (Phi) is 9.78. The summed E-state index contributed by atoms with van der Waals surface area (Å²) in [5.74, 6) is -0.235. The third-order valence-electron chi connectivity index (χ3n) is 6.67. The molecule has 0 spiro atoms. The number of nitrogens with zero attached hydrogens (tertiary/aromatic N) is 1. The smallest absolute Gasteiger partial charge is 0.408 e. The highest BCUT2D eigenvalue weighted by atomic mass is 16.6. The molecule has 1 aliphatic carbocycles. The number of hydrogen-bond donors (Lipinski definition) is 2. The Morgan fingerprint density at radius 1 is 1.08 bits per heavy atom. The van der Waals surface area contributed by atoms with E-state index in [1.165, 1.54) is 0 Å². The second-order valence-electron chi connectivity index (χ2n) is 11.2. The van der Waals surface area contributed by atoms with Crippen molar-refractivity contribution in [1.29, 1.82) is 0 Å². The van der Waals surface area contributed by atoms with E-state index in [9.17, 15) is 14.4 Å². The predicted molar refractivity (Wildman–Crippen MR) is 153 cm³/mol. The van der Waals surface area contributed by atoms with Crippen LogP contribution in [0.15, 0.2) is 55.1 Å². The lowest BCUT2D eigenvalue weighted by atomic mass is 9.87. The molecule has 39 heavy (non-hydrogen) atoms. The summed E-state index contributed by atoms with van der Waals surface area (Å²) in [6.45, 7) is 12.9. The van der Waals surface area contributed by atoms with E-state index in [1.54, 1.807) is 63.1 Å². The van der Waals surface area contributed by atoms with Gasteiger partial charge in [0.2, 0.25) is 5.91 Å². The normalized spacial score (nSPS) is 14.9. The number of anilines is 1. The molecule has 3 rings (SSSR count). The first-order chi connectivity index (χ1) is 18.4. The van der Waals surface area contributed by atoms with Gasteiger partial charge in [-0.3, -0.25) is 9.59 Å². The molecule has 0 heterocycles. The van der Waals surface area contributed by atoms with E-state index in [0.29, 0.717) is 17.0 Å². The summed E-state index contributed by atoms with van der Waals surface area (Å²) >= 11 is 0. The van der Waals surface area contributed by atoms with Crippen molar-refractivity contribution in [1.82, 2.24) is 10.2 Å². The number of nitrogens with one attached hydrogen (secondary N) is 2. The van der Waals surface area contributed by atoms with Crippen LogP contribution in [0.5, 0.6) is 5.75 Å². The summed E-state index contributed by atoms with van der Waals surface area (Å²) in [7, 11) is 1.58. The molecule has 8 nitrogen and oxygen atoms in total. The van der Waals surface area contributed by atoms with Crippen LogP contribution in [0.2, 0.25) is 0 Å². The van der Waals surface area contributed by atoms with Crippen LogP contribution in [-0.4, -0.2) is 47.6 Å². The van der Waals surface area contributed by atoms with Crippen molar-refractivity contribution in [2.45, 2.75) is 77.6 Å². The number of alkyl carbamates (subject to hydrolysis) is 1. The summed E-state index contributed by atoms with van der Waals surface area (Å²) < 4.78 is 10.7. The van der Waals surface area contributed by atoms with Gasteiger partial charge in [0, 0.05) is 11.7 Å². The fraction of sp³-hybridized carbons (Fsp3) is 0.452. The summed E-state index contributed by atoms with van der Waals surface area (Å²) in [4.78, 5) is 42.6. The van der Waals surface area contributed by atoms with Crippen molar-refractivity contribution in [3.63, 3.8) is 0 Å². The Hall–Kier alpha value is -3.81. The average Bonchev–Trinajstić information content (AvgIpc) is 2.84. The molecule has 1 aliphatic rings. The van der Waals surface area contributed by atoms with Gasteiger partial charge in [-0.2, -0.15) is 0 Å². The van der Waals surface area contributed by atoms with Gasteiger partial charge in [-0.05, 0) is 87.4 Å². The van der Waals surface area contributed by atoms with Gasteiger partial charge in [0.15, 0.2) is 0 Å². The van der Waals surface area contributed by atoms with Crippen LogP contribution in [-0.2, 0) is 14.3 Å². The molecule has 0 aliphatic heterocycles. The van der Waals surface area contributed by atoms with Crippen LogP contribution in [0, 0.1) is 5.92 Å². The standard InChI is InChI=1S/C31H41N3O5/c1-8-21-11-9-12-22(19-21)27(28(35)32-23-15-17-25(38-7)18-16-23)34(24-13-10-14-24)29(36)26(20(2)3)33-30(37)39-31(4,5)6/h8-9,11-12,15-20,24,26-27H,1,10,13-14H2,2-7H3,(H,32,35)(H,33,37). The van der Waals surface area contributed by atoms with Crippen molar-refractivity contribution in [3.05, 3.63) is 66.2 Å². The summed E-state index contributed by atoms with van der Waals surface area (Å²) in [6.07, 6.45) is 3.54. The number of carbonyl (C=O) groups excluding carboxylic acids is 3. The van der Waals surface area contributed by atoms with Crippen LogP contribution in [0.4, 0.5) is 10.5 Å². The molecule has 0 bridgehead atoms. The number of benzene rings is 2. The molecule has 210 valence electrons. The Balaban J connectivity index is 2.02. The largest absolute Gasteiger partial charge is 0.497 e. The van der Waals surface area contributed by atoms with Crippen molar-refractivity contribution in [2.75, 3.05) is 12.4 Å². The lowest BCUT2D eigenvalue weighted by Crippen LogP contribution is -2.58. The molecule has 2 atom stereocenters. The predicted octanol–water partition coefficient (Wildman–Crippen LogP) is 5.95. The van der Waals surface area contributed by atoms with E-state index in [-0.39, 0.29) is 23.8 Å². The topological polar surface area (TPSA) is 97.0 Å². The number of carbonyl (C=O) groups is 3. The number of hydrogen-bond acceptors (Lipinski definition) is 5. The number of ether oxygens (including phenoxy) is 2. The van der Waals surface area contributed by atoms with Gasteiger partial charge in [0.1, 0.15) is 23.4 Å². The lowest BCUT2D eigenvalue weighted by Gasteiger charge is -2.44. The zero-order valence-electron chi connectivity index (χ0n) is 23.8. The second-order valence-corrected chi connectivity index (χ2v) is 11.2. The molecule has 0 aromatic heterocycles. The summed E-state index contributed by atoms with van der Waals surface area (Å²) in [5, 5.41) is 5.75. The first-order valence-electron chi connectivity index (χ1n) is 13.4. The fourth-order valence-corrected chi connectivity index (χ4v) is 4.47. The van der Waals surface area contributed by atoms with Crippen LogP contribution in [0.3, 0.4) is 0 Å². The third kappa shape index (κ3) is 7.85. The number of amides is 3. The van der Waals surface area contributed by atoms with Crippen LogP contribution >= 0.6 is 0 Å². The van der Waals surface area contributed by atoms with E-state index in [1.807, 2.05) is 38.1 Å².